The van der Waals surface area contributed by atoms with Crippen LogP contribution in [0, 0.1) is 23.4 Å². The molecule has 142 valence electrons. The van der Waals surface area contributed by atoms with E-state index in [4.69, 9.17) is 16.3 Å². The Kier molecular flexibility index (Phi) is 5.27. The van der Waals surface area contributed by atoms with Gasteiger partial charge < -0.3 is 15.0 Å². The standard InChI is InChI=1S/C18H14ClF3N2O3/c1-27-14-5-2-10(19)7-12(14)23-18(26)9-6-15(25)24(8-9)13-4-3-11(20)16(21)17(13)22/h2-5,7,9H,6,8H2,1H3,(H,23,26). The summed E-state index contributed by atoms with van der Waals surface area (Å²) in [6, 6.07) is 6.34. The highest BCUT2D eigenvalue weighted by Crippen LogP contribution is 2.32. The highest BCUT2D eigenvalue weighted by molar-refractivity contribution is 6.31. The van der Waals surface area contributed by atoms with Crippen LogP contribution in [0.25, 0.3) is 0 Å². The van der Waals surface area contributed by atoms with Crippen LogP contribution in [-0.2, 0) is 9.59 Å². The average Bonchev–Trinajstić information content (AvgIpc) is 3.02. The predicted molar refractivity (Wildman–Crippen MR) is 93.4 cm³/mol. The van der Waals surface area contributed by atoms with E-state index in [9.17, 15) is 22.8 Å². The van der Waals surface area contributed by atoms with Gasteiger partial charge in [-0.2, -0.15) is 0 Å². The number of ether oxygens (including phenoxy) is 1. The van der Waals surface area contributed by atoms with Crippen molar-refractivity contribution in [2.45, 2.75) is 6.42 Å². The second-order valence-electron chi connectivity index (χ2n) is 5.93. The fraction of sp³-hybridized carbons (Fsp3) is 0.222. The molecule has 2 amide bonds. The highest BCUT2D eigenvalue weighted by Gasteiger charge is 2.37. The minimum absolute atomic E-state index is 0.171. The Balaban J connectivity index is 1.79. The zero-order chi connectivity index (χ0) is 19.7. The first kappa shape index (κ1) is 19.0. The molecule has 1 N–H and O–H groups in total. The van der Waals surface area contributed by atoms with Gasteiger partial charge in [0, 0.05) is 18.0 Å². The first-order chi connectivity index (χ1) is 12.8. The van der Waals surface area contributed by atoms with E-state index in [0.717, 1.165) is 17.0 Å². The smallest absolute Gasteiger partial charge is 0.229 e. The summed E-state index contributed by atoms with van der Waals surface area (Å²) in [4.78, 5) is 25.6. The quantitative estimate of drug-likeness (QED) is 0.798. The number of hydrogen-bond donors (Lipinski definition) is 1. The fourth-order valence-electron chi connectivity index (χ4n) is 2.85. The van der Waals surface area contributed by atoms with Gasteiger partial charge in [0.05, 0.1) is 24.4 Å². The number of nitrogens with zero attached hydrogens (tertiary/aromatic N) is 1. The fourth-order valence-corrected chi connectivity index (χ4v) is 3.02. The third-order valence-corrected chi connectivity index (χ3v) is 4.46. The van der Waals surface area contributed by atoms with Crippen molar-refractivity contribution in [1.29, 1.82) is 0 Å². The van der Waals surface area contributed by atoms with Gasteiger partial charge in [-0.05, 0) is 30.3 Å². The molecule has 0 radical (unpaired) electrons. The summed E-state index contributed by atoms with van der Waals surface area (Å²) in [5.41, 5.74) is -0.0885. The van der Waals surface area contributed by atoms with Crippen LogP contribution in [0.4, 0.5) is 24.5 Å². The number of carbonyl (C=O) groups is 2. The minimum Gasteiger partial charge on any atom is -0.495 e. The van der Waals surface area contributed by atoms with Crippen molar-refractivity contribution in [3.8, 4) is 5.75 Å². The van der Waals surface area contributed by atoms with Gasteiger partial charge in [0.1, 0.15) is 5.75 Å². The number of rotatable bonds is 4. The minimum atomic E-state index is -1.67. The van der Waals surface area contributed by atoms with Gasteiger partial charge in [0.25, 0.3) is 0 Å². The van der Waals surface area contributed by atoms with Gasteiger partial charge >= 0.3 is 0 Å². The van der Waals surface area contributed by atoms with Gasteiger partial charge in [0.2, 0.25) is 11.8 Å². The number of benzene rings is 2. The molecule has 0 aliphatic carbocycles. The monoisotopic (exact) mass is 398 g/mol. The first-order valence-corrected chi connectivity index (χ1v) is 8.28. The summed E-state index contributed by atoms with van der Waals surface area (Å²) in [5.74, 6) is -6.01. The zero-order valence-corrected chi connectivity index (χ0v) is 14.8. The Morgan fingerprint density at radius 3 is 2.67 bits per heavy atom. The average molecular weight is 399 g/mol. The molecule has 1 unspecified atom stereocenters. The lowest BCUT2D eigenvalue weighted by molar-refractivity contribution is -0.122. The molecule has 1 atom stereocenters. The number of methoxy groups -OCH3 is 1. The second kappa shape index (κ2) is 7.48. The van der Waals surface area contributed by atoms with Crippen LogP contribution in [0.3, 0.4) is 0 Å². The van der Waals surface area contributed by atoms with E-state index in [1.165, 1.54) is 13.2 Å². The van der Waals surface area contributed by atoms with Gasteiger partial charge in [-0.3, -0.25) is 9.59 Å². The third-order valence-electron chi connectivity index (χ3n) is 4.22. The molecule has 1 aliphatic rings. The Hall–Kier alpha value is -2.74. The summed E-state index contributed by atoms with van der Waals surface area (Å²) < 4.78 is 45.6. The normalized spacial score (nSPS) is 16.6. The summed E-state index contributed by atoms with van der Waals surface area (Å²) in [6.07, 6.45) is -0.201. The first-order valence-electron chi connectivity index (χ1n) is 7.90. The van der Waals surface area contributed by atoms with Crippen LogP contribution >= 0.6 is 11.6 Å². The molecule has 1 heterocycles. The molecule has 3 rings (SSSR count). The van der Waals surface area contributed by atoms with Crippen molar-refractivity contribution in [2.24, 2.45) is 5.92 Å². The van der Waals surface area contributed by atoms with Crippen LogP contribution in [0.2, 0.25) is 5.02 Å². The maximum absolute atomic E-state index is 14.0. The van der Waals surface area contributed by atoms with Crippen LogP contribution in [0.15, 0.2) is 30.3 Å². The van der Waals surface area contributed by atoms with Gasteiger partial charge in [-0.25, -0.2) is 13.2 Å². The molecular formula is C18H14ClF3N2O3. The van der Waals surface area contributed by atoms with Crippen molar-refractivity contribution in [3.63, 3.8) is 0 Å². The Morgan fingerprint density at radius 1 is 1.22 bits per heavy atom. The highest BCUT2D eigenvalue weighted by atomic mass is 35.5. The topological polar surface area (TPSA) is 58.6 Å². The van der Waals surface area contributed by atoms with Gasteiger partial charge in [-0.15, -0.1) is 0 Å². The molecule has 9 heteroatoms. The van der Waals surface area contributed by atoms with Crippen LogP contribution in [0.5, 0.6) is 5.75 Å². The molecule has 1 saturated heterocycles. The van der Waals surface area contributed by atoms with Crippen molar-refractivity contribution >= 4 is 34.8 Å². The molecule has 1 fully saturated rings. The number of hydrogen-bond acceptors (Lipinski definition) is 3. The Labute approximate surface area is 157 Å². The van der Waals surface area contributed by atoms with E-state index in [1.54, 1.807) is 12.1 Å². The Morgan fingerprint density at radius 2 is 1.96 bits per heavy atom. The second-order valence-corrected chi connectivity index (χ2v) is 6.37. The molecular weight excluding hydrogens is 385 g/mol. The van der Waals surface area contributed by atoms with Crippen molar-refractivity contribution in [1.82, 2.24) is 0 Å². The zero-order valence-electron chi connectivity index (χ0n) is 14.1. The Bertz CT molecular complexity index is 923. The van der Waals surface area contributed by atoms with E-state index in [1.807, 2.05) is 0 Å². The van der Waals surface area contributed by atoms with Crippen molar-refractivity contribution in [2.75, 3.05) is 23.9 Å². The summed E-state index contributed by atoms with van der Waals surface area (Å²) in [5, 5.41) is 2.99. The number of halogens is 4. The number of carbonyl (C=O) groups excluding carboxylic acids is 2. The molecule has 2 aromatic rings. The lowest BCUT2D eigenvalue weighted by Crippen LogP contribution is -2.29. The summed E-state index contributed by atoms with van der Waals surface area (Å²) in [6.45, 7) is -0.171. The summed E-state index contributed by atoms with van der Waals surface area (Å²) in [7, 11) is 1.42. The number of anilines is 2. The van der Waals surface area contributed by atoms with Crippen LogP contribution in [-0.4, -0.2) is 25.5 Å². The van der Waals surface area contributed by atoms with Gasteiger partial charge in [-0.1, -0.05) is 11.6 Å². The number of amides is 2. The lowest BCUT2D eigenvalue weighted by Gasteiger charge is -2.18. The molecule has 0 saturated carbocycles. The molecule has 1 aliphatic heterocycles. The van der Waals surface area contributed by atoms with Gasteiger partial charge in [0.15, 0.2) is 17.5 Å². The summed E-state index contributed by atoms with van der Waals surface area (Å²) >= 11 is 5.91. The third kappa shape index (κ3) is 3.71. The van der Waals surface area contributed by atoms with E-state index in [-0.39, 0.29) is 13.0 Å². The molecule has 0 spiro atoms. The SMILES string of the molecule is COc1ccc(Cl)cc1NC(=O)C1CC(=O)N(c2ccc(F)c(F)c2F)C1. The predicted octanol–water partition coefficient (Wildman–Crippen LogP) is 3.76. The maximum Gasteiger partial charge on any atom is 0.229 e. The lowest BCUT2D eigenvalue weighted by atomic mass is 10.1. The van der Waals surface area contributed by atoms with Crippen LogP contribution < -0.4 is 15.0 Å². The molecule has 2 aromatic carbocycles. The molecule has 0 aromatic heterocycles. The van der Waals surface area contributed by atoms with E-state index in [0.29, 0.717) is 16.5 Å². The maximum atomic E-state index is 14.0. The number of nitrogens with one attached hydrogen (secondary N) is 1. The van der Waals surface area contributed by atoms with E-state index in [2.05, 4.69) is 5.32 Å². The van der Waals surface area contributed by atoms with Crippen molar-refractivity contribution in [3.05, 3.63) is 52.8 Å². The van der Waals surface area contributed by atoms with Crippen molar-refractivity contribution < 1.29 is 27.5 Å². The largest absolute Gasteiger partial charge is 0.495 e. The van der Waals surface area contributed by atoms with Crippen LogP contribution in [0.1, 0.15) is 6.42 Å². The molecule has 27 heavy (non-hydrogen) atoms. The van der Waals surface area contributed by atoms with E-state index < -0.39 is 40.9 Å². The van der Waals surface area contributed by atoms with E-state index >= 15 is 0 Å². The molecule has 5 nitrogen and oxygen atoms in total. The molecule has 0 bridgehead atoms.